The number of aromatic amines is 1. The molecule has 7 heteroatoms. The Hall–Kier alpha value is -3.19. The van der Waals surface area contributed by atoms with Gasteiger partial charge in [-0.25, -0.2) is 10.3 Å². The van der Waals surface area contributed by atoms with E-state index in [9.17, 15) is 14.4 Å². The summed E-state index contributed by atoms with van der Waals surface area (Å²) in [6.45, 7) is 0.157. The molecule has 116 valence electrons. The number of hydroxylamine groups is 1. The van der Waals surface area contributed by atoms with E-state index >= 15 is 0 Å². The number of carbonyl (C=O) groups excluding carboxylic acids is 1. The van der Waals surface area contributed by atoms with E-state index in [4.69, 9.17) is 5.21 Å². The predicted octanol–water partition coefficient (Wildman–Crippen LogP) is 0.857. The Morgan fingerprint density at radius 3 is 2.57 bits per heavy atom. The van der Waals surface area contributed by atoms with Gasteiger partial charge in [-0.3, -0.25) is 19.4 Å². The summed E-state index contributed by atoms with van der Waals surface area (Å²) >= 11 is 0. The van der Waals surface area contributed by atoms with Crippen molar-refractivity contribution in [3.8, 4) is 0 Å². The minimum absolute atomic E-state index is 0.135. The third-order valence-corrected chi connectivity index (χ3v) is 3.53. The van der Waals surface area contributed by atoms with Gasteiger partial charge < -0.3 is 4.98 Å². The summed E-state index contributed by atoms with van der Waals surface area (Å²) in [4.78, 5) is 38.6. The largest absolute Gasteiger partial charge is 0.329 e. The highest BCUT2D eigenvalue weighted by atomic mass is 16.5. The zero-order chi connectivity index (χ0) is 16.4. The monoisotopic (exact) mass is 311 g/mol. The van der Waals surface area contributed by atoms with Crippen molar-refractivity contribution in [3.05, 3.63) is 80.5 Å². The lowest BCUT2D eigenvalue weighted by Crippen LogP contribution is -2.35. The Morgan fingerprint density at radius 1 is 1.13 bits per heavy atom. The number of aromatic nitrogens is 2. The second-order valence-electron chi connectivity index (χ2n) is 5.01. The molecule has 0 spiro atoms. The zero-order valence-electron chi connectivity index (χ0n) is 11.9. The molecule has 3 N–H and O–H groups in total. The molecule has 3 aromatic rings. The van der Waals surface area contributed by atoms with Gasteiger partial charge >= 0.3 is 5.69 Å². The fraction of sp³-hybridized carbons (Fsp3) is 0.0625. The first-order valence-electron chi connectivity index (χ1n) is 6.85. The standard InChI is InChI=1S/C16H13N3O4/c20-14(18-23)11-6-7-12-13(8-11)17-16(22)19(15(12)21)9-10-4-2-1-3-5-10/h1-8,23H,9H2,(H,17,22)(H,18,20). The third-order valence-electron chi connectivity index (χ3n) is 3.53. The molecule has 7 nitrogen and oxygen atoms in total. The van der Waals surface area contributed by atoms with Gasteiger partial charge in [0.2, 0.25) is 0 Å². The van der Waals surface area contributed by atoms with Crippen molar-refractivity contribution in [3.63, 3.8) is 0 Å². The van der Waals surface area contributed by atoms with Crippen LogP contribution in [0.25, 0.3) is 10.9 Å². The van der Waals surface area contributed by atoms with E-state index in [2.05, 4.69) is 4.98 Å². The van der Waals surface area contributed by atoms with Gasteiger partial charge in [-0.1, -0.05) is 30.3 Å². The summed E-state index contributed by atoms with van der Waals surface area (Å²) in [5.74, 6) is -0.721. The van der Waals surface area contributed by atoms with Crippen molar-refractivity contribution in [2.24, 2.45) is 0 Å². The van der Waals surface area contributed by atoms with Crippen molar-refractivity contribution in [2.45, 2.75) is 6.54 Å². The van der Waals surface area contributed by atoms with Crippen LogP contribution in [0.2, 0.25) is 0 Å². The number of carbonyl (C=O) groups is 1. The van der Waals surface area contributed by atoms with Gasteiger partial charge in [-0.05, 0) is 23.8 Å². The molecule has 1 aromatic heterocycles. The van der Waals surface area contributed by atoms with Crippen LogP contribution in [0.15, 0.2) is 58.1 Å². The summed E-state index contributed by atoms with van der Waals surface area (Å²) in [6, 6.07) is 13.3. The van der Waals surface area contributed by atoms with Crippen LogP contribution >= 0.6 is 0 Å². The van der Waals surface area contributed by atoms with Crippen LogP contribution in [0.4, 0.5) is 0 Å². The number of nitrogens with zero attached hydrogens (tertiary/aromatic N) is 1. The Bertz CT molecular complexity index is 990. The molecule has 0 unspecified atom stereocenters. The second-order valence-corrected chi connectivity index (χ2v) is 5.01. The molecular formula is C16H13N3O4. The van der Waals surface area contributed by atoms with E-state index < -0.39 is 17.2 Å². The predicted molar refractivity (Wildman–Crippen MR) is 83.6 cm³/mol. The van der Waals surface area contributed by atoms with E-state index in [1.165, 1.54) is 23.7 Å². The summed E-state index contributed by atoms with van der Waals surface area (Å²) in [5.41, 5.74) is 1.71. The number of rotatable bonds is 3. The summed E-state index contributed by atoms with van der Waals surface area (Å²) in [6.07, 6.45) is 0. The second kappa shape index (κ2) is 5.90. The van der Waals surface area contributed by atoms with Crippen molar-refractivity contribution < 1.29 is 10.0 Å². The lowest BCUT2D eigenvalue weighted by molar-refractivity contribution is 0.0706. The highest BCUT2D eigenvalue weighted by Gasteiger charge is 2.11. The van der Waals surface area contributed by atoms with Crippen molar-refractivity contribution in [2.75, 3.05) is 0 Å². The lowest BCUT2D eigenvalue weighted by atomic mass is 10.1. The van der Waals surface area contributed by atoms with E-state index in [1.54, 1.807) is 0 Å². The van der Waals surface area contributed by atoms with Gasteiger partial charge in [0.15, 0.2) is 0 Å². The molecule has 0 saturated carbocycles. The average molecular weight is 311 g/mol. The minimum Gasteiger partial charge on any atom is -0.307 e. The zero-order valence-corrected chi connectivity index (χ0v) is 11.9. The average Bonchev–Trinajstić information content (AvgIpc) is 2.58. The van der Waals surface area contributed by atoms with Crippen LogP contribution in [-0.4, -0.2) is 20.7 Å². The first kappa shape index (κ1) is 14.7. The molecule has 0 aliphatic rings. The number of hydrogen-bond donors (Lipinski definition) is 3. The number of hydrogen-bond acceptors (Lipinski definition) is 4. The molecule has 3 rings (SSSR count). The number of nitrogens with one attached hydrogen (secondary N) is 2. The van der Waals surface area contributed by atoms with Crippen LogP contribution < -0.4 is 16.7 Å². The number of amides is 1. The van der Waals surface area contributed by atoms with E-state index in [0.29, 0.717) is 0 Å². The number of benzene rings is 2. The van der Waals surface area contributed by atoms with Crippen LogP contribution in [0.5, 0.6) is 0 Å². The number of H-pyrrole nitrogens is 1. The first-order chi connectivity index (χ1) is 11.1. The molecular weight excluding hydrogens is 298 g/mol. The molecule has 2 aromatic carbocycles. The highest BCUT2D eigenvalue weighted by Crippen LogP contribution is 2.09. The molecule has 0 saturated heterocycles. The topological polar surface area (TPSA) is 104 Å². The normalized spacial score (nSPS) is 10.7. The molecule has 1 amide bonds. The van der Waals surface area contributed by atoms with E-state index in [1.807, 2.05) is 30.3 Å². The molecule has 0 aliphatic heterocycles. The summed E-state index contributed by atoms with van der Waals surface area (Å²) in [5, 5.41) is 8.93. The highest BCUT2D eigenvalue weighted by molar-refractivity contribution is 5.96. The Kier molecular flexibility index (Phi) is 3.78. The van der Waals surface area contributed by atoms with Crippen LogP contribution in [0, 0.1) is 0 Å². The third kappa shape index (κ3) is 2.77. The van der Waals surface area contributed by atoms with Crippen LogP contribution in [0.1, 0.15) is 15.9 Å². The molecule has 0 bridgehead atoms. The fourth-order valence-electron chi connectivity index (χ4n) is 2.37. The Morgan fingerprint density at radius 2 is 1.87 bits per heavy atom. The molecule has 0 atom stereocenters. The fourth-order valence-corrected chi connectivity index (χ4v) is 2.37. The first-order valence-corrected chi connectivity index (χ1v) is 6.85. The van der Waals surface area contributed by atoms with Crippen LogP contribution in [0.3, 0.4) is 0 Å². The molecule has 23 heavy (non-hydrogen) atoms. The van der Waals surface area contributed by atoms with E-state index in [0.717, 1.165) is 10.1 Å². The van der Waals surface area contributed by atoms with Gasteiger partial charge in [-0.2, -0.15) is 0 Å². The number of fused-ring (bicyclic) bond motifs is 1. The lowest BCUT2D eigenvalue weighted by Gasteiger charge is -2.07. The summed E-state index contributed by atoms with van der Waals surface area (Å²) in [7, 11) is 0. The smallest absolute Gasteiger partial charge is 0.307 e. The van der Waals surface area contributed by atoms with Crippen LogP contribution in [-0.2, 0) is 6.54 Å². The Balaban J connectivity index is 2.13. The van der Waals surface area contributed by atoms with Gasteiger partial charge in [0, 0.05) is 5.56 Å². The maximum absolute atomic E-state index is 12.5. The van der Waals surface area contributed by atoms with E-state index in [-0.39, 0.29) is 23.0 Å². The van der Waals surface area contributed by atoms with Crippen molar-refractivity contribution >= 4 is 16.8 Å². The maximum Gasteiger partial charge on any atom is 0.329 e. The van der Waals surface area contributed by atoms with Crippen molar-refractivity contribution in [1.29, 1.82) is 0 Å². The van der Waals surface area contributed by atoms with Gasteiger partial charge in [0.25, 0.3) is 11.5 Å². The van der Waals surface area contributed by atoms with Gasteiger partial charge in [0.05, 0.1) is 17.4 Å². The van der Waals surface area contributed by atoms with Gasteiger partial charge in [0.1, 0.15) is 0 Å². The summed E-state index contributed by atoms with van der Waals surface area (Å²) < 4.78 is 1.10. The van der Waals surface area contributed by atoms with Gasteiger partial charge in [-0.15, -0.1) is 0 Å². The molecule has 0 aliphatic carbocycles. The Labute approximate surface area is 129 Å². The minimum atomic E-state index is -0.721. The molecule has 0 fully saturated rings. The quantitative estimate of drug-likeness (QED) is 0.493. The maximum atomic E-state index is 12.5. The van der Waals surface area contributed by atoms with Crippen molar-refractivity contribution in [1.82, 2.24) is 15.0 Å². The molecule has 1 heterocycles. The molecule has 0 radical (unpaired) electrons. The SMILES string of the molecule is O=C(NO)c1ccc2c(=O)n(Cc3ccccc3)c(=O)[nH]c2c1.